The number of hydrazone groups is 1. The number of ether oxygens (including phenoxy) is 2. The van der Waals surface area contributed by atoms with Crippen molar-refractivity contribution in [3.05, 3.63) is 66.2 Å². The van der Waals surface area contributed by atoms with Crippen LogP contribution in [0.15, 0.2) is 65.8 Å². The first-order valence-corrected chi connectivity index (χ1v) is 7.97. The van der Waals surface area contributed by atoms with Crippen molar-refractivity contribution in [3.8, 4) is 17.2 Å². The Morgan fingerprint density at radius 2 is 1.81 bits per heavy atom. The summed E-state index contributed by atoms with van der Waals surface area (Å²) in [6.07, 6.45) is 1.34. The van der Waals surface area contributed by atoms with E-state index in [2.05, 4.69) is 10.5 Å². The fourth-order valence-corrected chi connectivity index (χ4v) is 2.48. The van der Waals surface area contributed by atoms with Crippen molar-refractivity contribution in [2.45, 2.75) is 0 Å². The molecule has 0 aliphatic heterocycles. The van der Waals surface area contributed by atoms with Crippen molar-refractivity contribution in [3.63, 3.8) is 0 Å². The molecule has 3 aromatic carbocycles. The maximum absolute atomic E-state index is 11.9. The average molecular weight is 350 g/mol. The molecule has 0 aliphatic carbocycles. The molecule has 0 saturated carbocycles. The van der Waals surface area contributed by atoms with E-state index < -0.39 is 5.91 Å². The molecule has 0 radical (unpaired) electrons. The van der Waals surface area contributed by atoms with Crippen molar-refractivity contribution < 1.29 is 19.4 Å². The predicted octanol–water partition coefficient (Wildman–Crippen LogP) is 3.08. The van der Waals surface area contributed by atoms with Crippen LogP contribution in [0.5, 0.6) is 17.2 Å². The third-order valence-electron chi connectivity index (χ3n) is 3.75. The second-order valence-electron chi connectivity index (χ2n) is 5.46. The first-order valence-electron chi connectivity index (χ1n) is 7.97. The highest BCUT2D eigenvalue weighted by Crippen LogP contribution is 2.28. The molecule has 0 spiro atoms. The fourth-order valence-electron chi connectivity index (χ4n) is 2.48. The van der Waals surface area contributed by atoms with Crippen LogP contribution in [0.1, 0.15) is 5.56 Å². The molecule has 0 aromatic heterocycles. The first kappa shape index (κ1) is 17.3. The number of fused-ring (bicyclic) bond motifs is 1. The number of carbonyl (C=O) groups is 1. The van der Waals surface area contributed by atoms with Crippen LogP contribution in [0.25, 0.3) is 10.8 Å². The minimum atomic E-state index is -0.406. The first-order chi connectivity index (χ1) is 12.7. The molecule has 0 heterocycles. The van der Waals surface area contributed by atoms with Crippen LogP contribution in [0.3, 0.4) is 0 Å². The molecule has 1 amide bonds. The number of para-hydroxylation sites is 1. The van der Waals surface area contributed by atoms with Gasteiger partial charge in [0.25, 0.3) is 5.91 Å². The SMILES string of the molecule is COc1cccc(/C=N\NC(=O)COc2cccc3ccccc23)c1O. The van der Waals surface area contributed by atoms with Gasteiger partial charge in [-0.05, 0) is 23.6 Å². The Hall–Kier alpha value is -3.54. The molecule has 0 bridgehead atoms. The summed E-state index contributed by atoms with van der Waals surface area (Å²) in [5.41, 5.74) is 2.80. The third-order valence-corrected chi connectivity index (χ3v) is 3.75. The van der Waals surface area contributed by atoms with Crippen LogP contribution in [-0.2, 0) is 4.79 Å². The predicted molar refractivity (Wildman–Crippen MR) is 99.8 cm³/mol. The zero-order valence-electron chi connectivity index (χ0n) is 14.2. The Morgan fingerprint density at radius 1 is 1.08 bits per heavy atom. The summed E-state index contributed by atoms with van der Waals surface area (Å²) >= 11 is 0. The van der Waals surface area contributed by atoms with E-state index in [9.17, 15) is 9.90 Å². The van der Waals surface area contributed by atoms with Crippen molar-refractivity contribution in [2.75, 3.05) is 13.7 Å². The number of phenols is 1. The topological polar surface area (TPSA) is 80.2 Å². The zero-order valence-corrected chi connectivity index (χ0v) is 14.2. The van der Waals surface area contributed by atoms with Crippen LogP contribution in [0, 0.1) is 0 Å². The Balaban J connectivity index is 1.59. The molecule has 2 N–H and O–H groups in total. The molecule has 0 saturated heterocycles. The molecule has 0 aliphatic rings. The molecule has 3 rings (SSSR count). The van der Waals surface area contributed by atoms with Gasteiger partial charge in [0.15, 0.2) is 18.1 Å². The lowest BCUT2D eigenvalue weighted by molar-refractivity contribution is -0.123. The maximum Gasteiger partial charge on any atom is 0.277 e. The molecule has 0 atom stereocenters. The third kappa shape index (κ3) is 3.92. The molecule has 3 aromatic rings. The molecule has 6 heteroatoms. The van der Waals surface area contributed by atoms with Crippen molar-refractivity contribution >= 4 is 22.9 Å². The number of hydrogen-bond donors (Lipinski definition) is 2. The normalized spacial score (nSPS) is 10.8. The minimum Gasteiger partial charge on any atom is -0.504 e. The number of carbonyl (C=O) groups excluding carboxylic acids is 1. The second-order valence-corrected chi connectivity index (χ2v) is 5.46. The lowest BCUT2D eigenvalue weighted by Gasteiger charge is -2.08. The van der Waals surface area contributed by atoms with Crippen LogP contribution >= 0.6 is 0 Å². The molecular formula is C20H18N2O4. The van der Waals surface area contributed by atoms with Gasteiger partial charge >= 0.3 is 0 Å². The highest BCUT2D eigenvalue weighted by Gasteiger charge is 2.06. The molecule has 6 nitrogen and oxygen atoms in total. The van der Waals surface area contributed by atoms with Gasteiger partial charge in [0.1, 0.15) is 5.75 Å². The lowest BCUT2D eigenvalue weighted by atomic mass is 10.1. The Kier molecular flexibility index (Phi) is 5.34. The number of nitrogens with zero attached hydrogens (tertiary/aromatic N) is 1. The van der Waals surface area contributed by atoms with E-state index in [1.165, 1.54) is 13.3 Å². The number of rotatable bonds is 6. The molecule has 132 valence electrons. The monoisotopic (exact) mass is 350 g/mol. The fraction of sp³-hybridized carbons (Fsp3) is 0.100. The van der Waals surface area contributed by atoms with Gasteiger partial charge in [-0.1, -0.05) is 42.5 Å². The van der Waals surface area contributed by atoms with Gasteiger partial charge in [-0.3, -0.25) is 4.79 Å². The standard InChI is InChI=1S/C20H18N2O4/c1-25-18-11-5-8-15(20(18)24)12-21-22-19(23)13-26-17-10-4-7-14-6-2-3-9-16(14)17/h2-12,24H,13H2,1H3,(H,22,23)/b21-12-. The van der Waals surface area contributed by atoms with Gasteiger partial charge in [0.05, 0.1) is 13.3 Å². The summed E-state index contributed by atoms with van der Waals surface area (Å²) in [6, 6.07) is 18.4. The molecule has 0 fully saturated rings. The summed E-state index contributed by atoms with van der Waals surface area (Å²) in [4.78, 5) is 11.9. The summed E-state index contributed by atoms with van der Waals surface area (Å²) in [7, 11) is 1.46. The van der Waals surface area contributed by atoms with E-state index in [4.69, 9.17) is 9.47 Å². The van der Waals surface area contributed by atoms with E-state index in [1.54, 1.807) is 18.2 Å². The quantitative estimate of drug-likeness (QED) is 0.529. The van der Waals surface area contributed by atoms with E-state index in [-0.39, 0.29) is 12.4 Å². The minimum absolute atomic E-state index is 0.0417. The van der Waals surface area contributed by atoms with E-state index in [0.29, 0.717) is 17.1 Å². The van der Waals surface area contributed by atoms with Crippen LogP contribution in [0.2, 0.25) is 0 Å². The van der Waals surface area contributed by atoms with E-state index in [1.807, 2.05) is 42.5 Å². The number of hydrogen-bond acceptors (Lipinski definition) is 5. The summed E-state index contributed by atoms with van der Waals surface area (Å²) < 4.78 is 10.6. The number of methoxy groups -OCH3 is 1. The van der Waals surface area contributed by atoms with Gasteiger partial charge < -0.3 is 14.6 Å². The summed E-state index contributed by atoms with van der Waals surface area (Å²) in [6.45, 7) is -0.171. The number of benzene rings is 3. The van der Waals surface area contributed by atoms with Crippen LogP contribution in [-0.4, -0.2) is 30.9 Å². The number of aromatic hydroxyl groups is 1. The number of nitrogens with one attached hydrogen (secondary N) is 1. The van der Waals surface area contributed by atoms with E-state index >= 15 is 0 Å². The highest BCUT2D eigenvalue weighted by atomic mass is 16.5. The largest absolute Gasteiger partial charge is 0.504 e. The van der Waals surface area contributed by atoms with Gasteiger partial charge in [-0.2, -0.15) is 5.10 Å². The highest BCUT2D eigenvalue weighted by molar-refractivity contribution is 5.89. The zero-order chi connectivity index (χ0) is 18.4. The van der Waals surface area contributed by atoms with Gasteiger partial charge in [-0.15, -0.1) is 0 Å². The van der Waals surface area contributed by atoms with Gasteiger partial charge in [-0.25, -0.2) is 5.43 Å². The Morgan fingerprint density at radius 3 is 2.65 bits per heavy atom. The van der Waals surface area contributed by atoms with Crippen LogP contribution < -0.4 is 14.9 Å². The van der Waals surface area contributed by atoms with Crippen molar-refractivity contribution in [1.82, 2.24) is 5.43 Å². The number of amides is 1. The Labute approximate surface area is 150 Å². The maximum atomic E-state index is 11.9. The van der Waals surface area contributed by atoms with Gasteiger partial charge in [0, 0.05) is 10.9 Å². The molecule has 26 heavy (non-hydrogen) atoms. The van der Waals surface area contributed by atoms with Crippen molar-refractivity contribution in [1.29, 1.82) is 0 Å². The van der Waals surface area contributed by atoms with E-state index in [0.717, 1.165) is 10.8 Å². The lowest BCUT2D eigenvalue weighted by Crippen LogP contribution is -2.24. The number of phenolic OH excluding ortho intramolecular Hbond substituents is 1. The summed E-state index contributed by atoms with van der Waals surface area (Å²) in [5.74, 6) is 0.517. The smallest absolute Gasteiger partial charge is 0.277 e. The molecule has 0 unspecified atom stereocenters. The van der Waals surface area contributed by atoms with Gasteiger partial charge in [0.2, 0.25) is 0 Å². The van der Waals surface area contributed by atoms with Crippen molar-refractivity contribution in [2.24, 2.45) is 5.10 Å². The van der Waals surface area contributed by atoms with Crippen LogP contribution in [0.4, 0.5) is 0 Å². The Bertz CT molecular complexity index is 948. The average Bonchev–Trinajstić information content (AvgIpc) is 2.67. The summed E-state index contributed by atoms with van der Waals surface area (Å²) in [5, 5.41) is 15.8. The second kappa shape index (κ2) is 8.02. The molecular weight excluding hydrogens is 332 g/mol.